The van der Waals surface area contributed by atoms with Crippen LogP contribution in [0, 0.1) is 5.82 Å². The monoisotopic (exact) mass is 344 g/mol. The van der Waals surface area contributed by atoms with Crippen LogP contribution in [0.25, 0.3) is 11.1 Å². The van der Waals surface area contributed by atoms with E-state index in [0.29, 0.717) is 12.5 Å². The van der Waals surface area contributed by atoms with Crippen LogP contribution in [0.2, 0.25) is 0 Å². The lowest BCUT2D eigenvalue weighted by Crippen LogP contribution is -2.00. The Hall–Kier alpha value is -2.43. The molecule has 0 saturated heterocycles. The highest BCUT2D eigenvalue weighted by Crippen LogP contribution is 2.25. The summed E-state index contributed by atoms with van der Waals surface area (Å²) in [4.78, 5) is 4.31. The minimum atomic E-state index is -0.287. The van der Waals surface area contributed by atoms with E-state index in [4.69, 9.17) is 10.5 Å². The molecule has 0 amide bonds. The van der Waals surface area contributed by atoms with Gasteiger partial charge in [-0.05, 0) is 34.9 Å². The standard InChI is InChI=1S/C19H17FN2O.ClH/c20-17-7-8-18(16(10-17)11-21)15-6-9-19(22-12-15)23-13-14-4-2-1-3-5-14;/h1-10,12H,11,13,21H2;1H. The summed E-state index contributed by atoms with van der Waals surface area (Å²) >= 11 is 0. The summed E-state index contributed by atoms with van der Waals surface area (Å²) < 4.78 is 18.9. The number of pyridine rings is 1. The molecule has 0 bridgehead atoms. The summed E-state index contributed by atoms with van der Waals surface area (Å²) in [5, 5.41) is 0. The van der Waals surface area contributed by atoms with Crippen LogP contribution in [0.4, 0.5) is 4.39 Å². The van der Waals surface area contributed by atoms with Crippen molar-refractivity contribution in [2.75, 3.05) is 0 Å². The summed E-state index contributed by atoms with van der Waals surface area (Å²) in [7, 11) is 0. The van der Waals surface area contributed by atoms with Gasteiger partial charge in [-0.25, -0.2) is 9.37 Å². The first-order chi connectivity index (χ1) is 11.3. The van der Waals surface area contributed by atoms with Crippen molar-refractivity contribution in [1.82, 2.24) is 4.98 Å². The van der Waals surface area contributed by atoms with Gasteiger partial charge in [-0.2, -0.15) is 0 Å². The molecule has 0 atom stereocenters. The van der Waals surface area contributed by atoms with Crippen LogP contribution in [0.1, 0.15) is 11.1 Å². The maximum atomic E-state index is 13.3. The Labute approximate surface area is 146 Å². The van der Waals surface area contributed by atoms with E-state index in [9.17, 15) is 4.39 Å². The maximum Gasteiger partial charge on any atom is 0.213 e. The first kappa shape index (κ1) is 17.9. The van der Waals surface area contributed by atoms with Crippen molar-refractivity contribution in [2.24, 2.45) is 5.73 Å². The number of rotatable bonds is 5. The van der Waals surface area contributed by atoms with Crippen LogP contribution in [0.5, 0.6) is 5.88 Å². The van der Waals surface area contributed by atoms with Crippen LogP contribution in [0.15, 0.2) is 66.9 Å². The lowest BCUT2D eigenvalue weighted by Gasteiger charge is -2.09. The number of nitrogens with two attached hydrogens (primary N) is 1. The van der Waals surface area contributed by atoms with Crippen molar-refractivity contribution in [3.05, 3.63) is 83.8 Å². The Morgan fingerprint density at radius 1 is 1.00 bits per heavy atom. The number of hydrogen-bond acceptors (Lipinski definition) is 3. The van der Waals surface area contributed by atoms with Crippen LogP contribution >= 0.6 is 12.4 Å². The zero-order valence-corrected chi connectivity index (χ0v) is 13.8. The Morgan fingerprint density at radius 3 is 2.46 bits per heavy atom. The SMILES string of the molecule is Cl.NCc1cc(F)ccc1-c1ccc(OCc2ccccc2)nc1. The third-order valence-corrected chi connectivity index (χ3v) is 3.56. The highest BCUT2D eigenvalue weighted by Gasteiger charge is 2.06. The third kappa shape index (κ3) is 4.31. The molecule has 2 N–H and O–H groups in total. The van der Waals surface area contributed by atoms with Crippen molar-refractivity contribution in [3.8, 4) is 17.0 Å². The van der Waals surface area contributed by atoms with E-state index in [2.05, 4.69) is 4.98 Å². The van der Waals surface area contributed by atoms with Crippen LogP contribution in [0.3, 0.4) is 0 Å². The number of hydrogen-bond donors (Lipinski definition) is 1. The highest BCUT2D eigenvalue weighted by molar-refractivity contribution is 5.85. The quantitative estimate of drug-likeness (QED) is 0.748. The summed E-state index contributed by atoms with van der Waals surface area (Å²) in [5.41, 5.74) is 9.30. The van der Waals surface area contributed by atoms with Gasteiger partial charge in [0.15, 0.2) is 0 Å². The van der Waals surface area contributed by atoms with Gasteiger partial charge in [-0.1, -0.05) is 36.4 Å². The molecule has 124 valence electrons. The van der Waals surface area contributed by atoms with E-state index >= 15 is 0 Å². The molecule has 0 spiro atoms. The molecule has 0 radical (unpaired) electrons. The molecule has 2 aromatic carbocycles. The number of nitrogens with zero attached hydrogens (tertiary/aromatic N) is 1. The molecular formula is C19H18ClFN2O. The normalized spacial score (nSPS) is 10.1. The predicted molar refractivity (Wildman–Crippen MR) is 95.5 cm³/mol. The molecular weight excluding hydrogens is 327 g/mol. The summed E-state index contributed by atoms with van der Waals surface area (Å²) in [6.45, 7) is 0.747. The molecule has 0 aliphatic carbocycles. The van der Waals surface area contributed by atoms with E-state index in [0.717, 1.165) is 22.3 Å². The molecule has 5 heteroatoms. The molecule has 1 aromatic heterocycles. The van der Waals surface area contributed by atoms with Crippen molar-refractivity contribution >= 4 is 12.4 Å². The molecule has 0 saturated carbocycles. The van der Waals surface area contributed by atoms with Crippen LogP contribution in [-0.4, -0.2) is 4.98 Å². The van der Waals surface area contributed by atoms with Gasteiger partial charge < -0.3 is 10.5 Å². The fourth-order valence-corrected chi connectivity index (χ4v) is 2.37. The molecule has 1 heterocycles. The predicted octanol–water partition coefficient (Wildman–Crippen LogP) is 4.35. The first-order valence-electron chi connectivity index (χ1n) is 7.38. The molecule has 0 aliphatic heterocycles. The smallest absolute Gasteiger partial charge is 0.213 e. The second kappa shape index (κ2) is 8.43. The summed E-state index contributed by atoms with van der Waals surface area (Å²) in [5.74, 6) is 0.263. The number of halogens is 2. The third-order valence-electron chi connectivity index (χ3n) is 3.56. The van der Waals surface area contributed by atoms with Gasteiger partial charge in [0.1, 0.15) is 12.4 Å². The maximum absolute atomic E-state index is 13.3. The van der Waals surface area contributed by atoms with Gasteiger partial charge in [-0.3, -0.25) is 0 Å². The Kier molecular flexibility index (Phi) is 6.29. The van der Waals surface area contributed by atoms with Crippen molar-refractivity contribution in [3.63, 3.8) is 0 Å². The van der Waals surface area contributed by atoms with Gasteiger partial charge in [0.05, 0.1) is 0 Å². The van der Waals surface area contributed by atoms with E-state index in [1.165, 1.54) is 12.1 Å². The summed E-state index contributed by atoms with van der Waals surface area (Å²) in [6.07, 6.45) is 1.72. The van der Waals surface area contributed by atoms with Crippen molar-refractivity contribution in [2.45, 2.75) is 13.2 Å². The van der Waals surface area contributed by atoms with Gasteiger partial charge in [-0.15, -0.1) is 12.4 Å². The fraction of sp³-hybridized carbons (Fsp3) is 0.105. The Morgan fingerprint density at radius 2 is 1.79 bits per heavy atom. The van der Waals surface area contributed by atoms with E-state index in [1.54, 1.807) is 12.3 Å². The largest absolute Gasteiger partial charge is 0.473 e. The lowest BCUT2D eigenvalue weighted by atomic mass is 10.0. The van der Waals surface area contributed by atoms with E-state index < -0.39 is 0 Å². The van der Waals surface area contributed by atoms with Crippen molar-refractivity contribution < 1.29 is 9.13 Å². The molecule has 0 fully saturated rings. The van der Waals surface area contributed by atoms with Crippen LogP contribution in [-0.2, 0) is 13.2 Å². The van der Waals surface area contributed by atoms with Crippen molar-refractivity contribution in [1.29, 1.82) is 0 Å². The zero-order valence-electron chi connectivity index (χ0n) is 13.0. The topological polar surface area (TPSA) is 48.1 Å². The van der Waals surface area contributed by atoms with E-state index in [-0.39, 0.29) is 24.8 Å². The molecule has 24 heavy (non-hydrogen) atoms. The second-order valence-electron chi connectivity index (χ2n) is 5.16. The highest BCUT2D eigenvalue weighted by atomic mass is 35.5. The fourth-order valence-electron chi connectivity index (χ4n) is 2.37. The number of aromatic nitrogens is 1. The zero-order chi connectivity index (χ0) is 16.1. The van der Waals surface area contributed by atoms with Gasteiger partial charge in [0.2, 0.25) is 5.88 Å². The van der Waals surface area contributed by atoms with E-state index in [1.807, 2.05) is 42.5 Å². The minimum Gasteiger partial charge on any atom is -0.473 e. The Balaban J connectivity index is 0.00000208. The summed E-state index contributed by atoms with van der Waals surface area (Å²) in [6, 6.07) is 18.2. The average molecular weight is 345 g/mol. The van der Waals surface area contributed by atoms with Gasteiger partial charge in [0, 0.05) is 24.4 Å². The van der Waals surface area contributed by atoms with Gasteiger partial charge >= 0.3 is 0 Å². The molecule has 3 nitrogen and oxygen atoms in total. The Bertz CT molecular complexity index is 779. The second-order valence-corrected chi connectivity index (χ2v) is 5.16. The average Bonchev–Trinajstić information content (AvgIpc) is 2.61. The molecule has 3 aromatic rings. The molecule has 0 unspecified atom stereocenters. The van der Waals surface area contributed by atoms with Gasteiger partial charge in [0.25, 0.3) is 0 Å². The van der Waals surface area contributed by atoms with Crippen LogP contribution < -0.4 is 10.5 Å². The number of benzene rings is 2. The first-order valence-corrected chi connectivity index (χ1v) is 7.38. The molecule has 0 aliphatic rings. The molecule has 3 rings (SSSR count). The lowest BCUT2D eigenvalue weighted by molar-refractivity contribution is 0.294. The minimum absolute atomic E-state index is 0. The number of ether oxygens (including phenoxy) is 1.